The van der Waals surface area contributed by atoms with Crippen molar-refractivity contribution in [3.05, 3.63) is 30.3 Å². The van der Waals surface area contributed by atoms with Gasteiger partial charge in [-0.15, -0.1) is 0 Å². The number of carbonyl (C=O) groups is 1. The van der Waals surface area contributed by atoms with E-state index >= 15 is 0 Å². The number of hydrogen-bond donors (Lipinski definition) is 4. The van der Waals surface area contributed by atoms with Crippen molar-refractivity contribution in [3.63, 3.8) is 0 Å². The molecule has 4 aliphatic rings. The van der Waals surface area contributed by atoms with Crippen molar-refractivity contribution >= 4 is 16.1 Å². The normalized spacial score (nSPS) is 41.8. The first-order valence-electron chi connectivity index (χ1n) is 15.6. The first-order valence-corrected chi connectivity index (χ1v) is 17.1. The third-order valence-electron chi connectivity index (χ3n) is 12.3. The van der Waals surface area contributed by atoms with Crippen molar-refractivity contribution in [3.8, 4) is 0 Å². The summed E-state index contributed by atoms with van der Waals surface area (Å²) in [6.45, 7) is 9.84. The monoisotopic (exact) mass is 574 g/mol. The maximum atomic E-state index is 12.5. The minimum absolute atomic E-state index is 0.0684. The second-order valence-electron chi connectivity index (χ2n) is 14.1. The molecular formula is C32H50N2O5S. The number of aliphatic hydroxyl groups is 2. The van der Waals surface area contributed by atoms with Crippen LogP contribution >= 0.6 is 0 Å². The van der Waals surface area contributed by atoms with Crippen LogP contribution in [0.1, 0.15) is 85.5 Å². The van der Waals surface area contributed by atoms with Crippen LogP contribution in [0.15, 0.2) is 35.2 Å². The second-order valence-corrected chi connectivity index (χ2v) is 15.7. The predicted molar refractivity (Wildman–Crippen MR) is 156 cm³/mol. The largest absolute Gasteiger partial charge is 0.393 e. The Labute approximate surface area is 241 Å². The minimum Gasteiger partial charge on any atom is -0.393 e. The number of fused-ring (bicyclic) bond motifs is 5. The Bertz CT molecular complexity index is 1160. The molecule has 0 aromatic heterocycles. The molecule has 40 heavy (non-hydrogen) atoms. The van der Waals surface area contributed by atoms with E-state index in [2.05, 4.69) is 37.7 Å². The van der Waals surface area contributed by atoms with Crippen LogP contribution < -0.4 is 10.0 Å². The zero-order valence-electron chi connectivity index (χ0n) is 24.7. The standard InChI is InChI=1S/C32H50N2O5S/c1-5-23-27-19-21(35)13-16-32(27,4)26-14-17-31(3)24(11-12-25(31)28(26)29(23)36)20(2)15-18-33-30(37)34-40(38,39)22-9-7-6-8-10-22/h6-10,20-21,23-29,35-36H,5,11-19H2,1-4H3,(H2,33,34,37)/t20-,21-,23-,24?,25?,26?,27+,28?,29-,31-,32-/m1/s1. The van der Waals surface area contributed by atoms with Gasteiger partial charge in [-0.3, -0.25) is 0 Å². The lowest BCUT2D eigenvalue weighted by Crippen LogP contribution is -2.62. The highest BCUT2D eigenvalue weighted by molar-refractivity contribution is 7.90. The van der Waals surface area contributed by atoms with Crippen LogP contribution in [0.5, 0.6) is 0 Å². The fourth-order valence-electron chi connectivity index (χ4n) is 10.4. The summed E-state index contributed by atoms with van der Waals surface area (Å²) in [6.07, 6.45) is 8.63. The summed E-state index contributed by atoms with van der Waals surface area (Å²) >= 11 is 0. The fourth-order valence-corrected chi connectivity index (χ4v) is 11.3. The first-order chi connectivity index (χ1) is 18.9. The third kappa shape index (κ3) is 5.11. The van der Waals surface area contributed by atoms with E-state index in [1.807, 2.05) is 0 Å². The van der Waals surface area contributed by atoms with Gasteiger partial charge in [0.05, 0.1) is 17.1 Å². The van der Waals surface area contributed by atoms with Crippen molar-refractivity contribution in [2.75, 3.05) is 6.54 Å². The molecule has 0 aliphatic heterocycles. The molecule has 7 nitrogen and oxygen atoms in total. The molecule has 0 radical (unpaired) electrons. The first kappa shape index (κ1) is 29.8. The average Bonchev–Trinajstić information content (AvgIpc) is 3.27. The van der Waals surface area contributed by atoms with E-state index in [9.17, 15) is 23.4 Å². The molecule has 4 N–H and O–H groups in total. The molecule has 4 aliphatic carbocycles. The summed E-state index contributed by atoms with van der Waals surface area (Å²) in [7, 11) is -3.89. The van der Waals surface area contributed by atoms with Gasteiger partial charge in [0.2, 0.25) is 0 Å². The zero-order chi connectivity index (χ0) is 28.9. The van der Waals surface area contributed by atoms with Gasteiger partial charge < -0.3 is 15.5 Å². The van der Waals surface area contributed by atoms with E-state index in [1.54, 1.807) is 18.2 Å². The molecule has 224 valence electrons. The lowest BCUT2D eigenvalue weighted by atomic mass is 9.41. The van der Waals surface area contributed by atoms with Crippen LogP contribution in [0.25, 0.3) is 0 Å². The van der Waals surface area contributed by atoms with Gasteiger partial charge in [0.1, 0.15) is 0 Å². The molecule has 5 rings (SSSR count). The summed E-state index contributed by atoms with van der Waals surface area (Å²) in [4.78, 5) is 12.5. The van der Waals surface area contributed by atoms with Crippen LogP contribution in [0, 0.1) is 52.3 Å². The molecular weight excluding hydrogens is 524 g/mol. The minimum atomic E-state index is -3.89. The number of urea groups is 1. The summed E-state index contributed by atoms with van der Waals surface area (Å²) < 4.78 is 27.0. The third-order valence-corrected chi connectivity index (χ3v) is 13.7. The van der Waals surface area contributed by atoms with Crippen LogP contribution in [0.3, 0.4) is 0 Å². The van der Waals surface area contributed by atoms with Gasteiger partial charge >= 0.3 is 6.03 Å². The van der Waals surface area contributed by atoms with E-state index in [0.717, 1.165) is 51.4 Å². The lowest BCUT2D eigenvalue weighted by Gasteiger charge is -2.64. The summed E-state index contributed by atoms with van der Waals surface area (Å²) in [5, 5.41) is 25.2. The Balaban J connectivity index is 1.22. The van der Waals surface area contributed by atoms with Gasteiger partial charge in [-0.1, -0.05) is 52.3 Å². The van der Waals surface area contributed by atoms with Crippen molar-refractivity contribution in [2.45, 2.75) is 103 Å². The van der Waals surface area contributed by atoms with Crippen LogP contribution in [0.2, 0.25) is 0 Å². The Morgan fingerprint density at radius 3 is 2.38 bits per heavy atom. The van der Waals surface area contributed by atoms with E-state index in [4.69, 9.17) is 0 Å². The predicted octanol–water partition coefficient (Wildman–Crippen LogP) is 5.33. The second kappa shape index (κ2) is 11.2. The van der Waals surface area contributed by atoms with Gasteiger partial charge in [0.25, 0.3) is 10.0 Å². The molecule has 2 amide bonds. The highest BCUT2D eigenvalue weighted by atomic mass is 32.2. The smallest absolute Gasteiger partial charge is 0.328 e. The summed E-state index contributed by atoms with van der Waals surface area (Å²) in [5.74, 6) is 2.91. The number of aliphatic hydroxyl groups excluding tert-OH is 2. The Morgan fingerprint density at radius 1 is 1.00 bits per heavy atom. The number of amides is 2. The number of benzene rings is 1. The topological polar surface area (TPSA) is 116 Å². The lowest BCUT2D eigenvalue weighted by molar-refractivity contribution is -0.203. The molecule has 0 heterocycles. The number of sulfonamides is 1. The molecule has 4 saturated carbocycles. The summed E-state index contributed by atoms with van der Waals surface area (Å²) in [5.41, 5.74) is 0.363. The van der Waals surface area contributed by atoms with E-state index in [1.165, 1.54) is 18.6 Å². The van der Waals surface area contributed by atoms with Gasteiger partial charge in [0.15, 0.2) is 0 Å². The number of rotatable bonds is 7. The van der Waals surface area contributed by atoms with Crippen molar-refractivity contribution in [1.29, 1.82) is 0 Å². The van der Waals surface area contributed by atoms with Crippen molar-refractivity contribution < 1.29 is 23.4 Å². The Hall–Kier alpha value is -1.64. The van der Waals surface area contributed by atoms with Gasteiger partial charge in [-0.25, -0.2) is 17.9 Å². The summed E-state index contributed by atoms with van der Waals surface area (Å²) in [6, 6.07) is 7.23. The van der Waals surface area contributed by atoms with Crippen molar-refractivity contribution in [1.82, 2.24) is 10.0 Å². The maximum absolute atomic E-state index is 12.5. The molecule has 1 aromatic carbocycles. The molecule has 8 heteroatoms. The van der Waals surface area contributed by atoms with E-state index in [0.29, 0.717) is 42.1 Å². The molecule has 0 bridgehead atoms. The van der Waals surface area contributed by atoms with E-state index in [-0.39, 0.29) is 33.9 Å². The molecule has 0 saturated heterocycles. The fraction of sp³-hybridized carbons (Fsp3) is 0.781. The average molecular weight is 575 g/mol. The Kier molecular flexibility index (Phi) is 8.37. The molecule has 11 atom stereocenters. The van der Waals surface area contributed by atoms with Crippen LogP contribution in [-0.2, 0) is 10.0 Å². The molecule has 4 fully saturated rings. The SMILES string of the molecule is CC[C@H]1[C@@H](O)C2C3CCC([C@H](C)CCNC(=O)NS(=O)(=O)c4ccccc4)[C@@]3(C)CCC2[C@@]2(C)CC[C@@H](O)C[C@@H]12. The van der Waals surface area contributed by atoms with Gasteiger partial charge in [0, 0.05) is 6.54 Å². The quantitative estimate of drug-likeness (QED) is 0.352. The highest BCUT2D eigenvalue weighted by Crippen LogP contribution is 2.69. The zero-order valence-corrected chi connectivity index (χ0v) is 25.5. The molecule has 4 unspecified atom stereocenters. The van der Waals surface area contributed by atoms with Gasteiger partial charge in [-0.05, 0) is 116 Å². The maximum Gasteiger partial charge on any atom is 0.328 e. The van der Waals surface area contributed by atoms with Crippen LogP contribution in [-0.4, -0.2) is 43.4 Å². The Morgan fingerprint density at radius 2 is 1.68 bits per heavy atom. The number of nitrogens with one attached hydrogen (secondary N) is 2. The van der Waals surface area contributed by atoms with Crippen molar-refractivity contribution in [2.24, 2.45) is 52.3 Å². The van der Waals surface area contributed by atoms with E-state index < -0.39 is 16.1 Å². The van der Waals surface area contributed by atoms with Gasteiger partial charge in [-0.2, -0.15) is 0 Å². The van der Waals surface area contributed by atoms with Crippen LogP contribution in [0.4, 0.5) is 4.79 Å². The molecule has 0 spiro atoms. The number of carbonyl (C=O) groups excluding carboxylic acids is 1. The highest BCUT2D eigenvalue weighted by Gasteiger charge is 2.64. The number of hydrogen-bond acceptors (Lipinski definition) is 5. The molecule has 1 aromatic rings.